The van der Waals surface area contributed by atoms with Crippen LogP contribution in [0.1, 0.15) is 24.0 Å². The SMILES string of the molecule is C[C@H](NC(=O)OCC1c2ccccc2-c2ccccc21)C(=O)N(C)C[C@H](O)[C@@H](O)[C@H](O)[C@H](O)CO. The van der Waals surface area contributed by atoms with Crippen LogP contribution in [0.4, 0.5) is 4.79 Å². The van der Waals surface area contributed by atoms with E-state index >= 15 is 0 Å². The molecule has 2 amide bonds. The third-order valence-corrected chi connectivity index (χ3v) is 6.21. The molecule has 190 valence electrons. The van der Waals surface area contributed by atoms with E-state index < -0.39 is 49.1 Å². The summed E-state index contributed by atoms with van der Waals surface area (Å²) in [5.74, 6) is -0.693. The quantitative estimate of drug-likeness (QED) is 0.268. The molecule has 0 saturated carbocycles. The van der Waals surface area contributed by atoms with Gasteiger partial charge < -0.3 is 40.5 Å². The molecule has 0 heterocycles. The minimum atomic E-state index is -1.80. The minimum absolute atomic E-state index is 0.0899. The second-order valence-electron chi connectivity index (χ2n) is 8.71. The van der Waals surface area contributed by atoms with Crippen LogP contribution < -0.4 is 5.32 Å². The van der Waals surface area contributed by atoms with Crippen LogP contribution in [0.15, 0.2) is 48.5 Å². The molecule has 6 N–H and O–H groups in total. The summed E-state index contributed by atoms with van der Waals surface area (Å²) < 4.78 is 5.44. The van der Waals surface area contributed by atoms with E-state index in [0.717, 1.165) is 27.2 Å². The standard InChI is InChI=1S/C25H32N2O8/c1-14(24(33)27(2)11-20(29)22(31)23(32)21(30)12-28)26-25(34)35-13-19-17-9-5-3-7-15(17)16-8-4-6-10-18(16)19/h3-10,14,19-23,28-32H,11-13H2,1-2H3,(H,26,34)/t14-,20-,21+,22+,23+/m0/s1. The Bertz CT molecular complexity index is 987. The third-order valence-electron chi connectivity index (χ3n) is 6.21. The fraction of sp³-hybridized carbons (Fsp3) is 0.440. The van der Waals surface area contributed by atoms with Crippen molar-refractivity contribution in [2.45, 2.75) is 43.3 Å². The number of amides is 2. The van der Waals surface area contributed by atoms with Crippen molar-refractivity contribution in [1.82, 2.24) is 10.2 Å². The van der Waals surface area contributed by atoms with Crippen molar-refractivity contribution in [3.05, 3.63) is 59.7 Å². The van der Waals surface area contributed by atoms with Gasteiger partial charge in [-0.15, -0.1) is 0 Å². The molecular formula is C25H32N2O8. The lowest BCUT2D eigenvalue weighted by molar-refractivity contribution is -0.139. The maximum Gasteiger partial charge on any atom is 0.407 e. The van der Waals surface area contributed by atoms with Gasteiger partial charge in [0.05, 0.1) is 6.61 Å². The summed E-state index contributed by atoms with van der Waals surface area (Å²) >= 11 is 0. The first kappa shape index (κ1) is 26.6. The number of ether oxygens (including phenoxy) is 1. The number of carbonyl (C=O) groups excluding carboxylic acids is 2. The summed E-state index contributed by atoms with van der Waals surface area (Å²) in [6.45, 7) is 0.354. The number of aliphatic hydroxyl groups excluding tert-OH is 5. The molecule has 1 aliphatic carbocycles. The van der Waals surface area contributed by atoms with Gasteiger partial charge in [0.1, 0.15) is 37.1 Å². The number of fused-ring (bicyclic) bond motifs is 3. The summed E-state index contributed by atoms with van der Waals surface area (Å²) in [4.78, 5) is 26.1. The molecule has 0 bridgehead atoms. The minimum Gasteiger partial charge on any atom is -0.449 e. The Morgan fingerprint density at radius 2 is 1.46 bits per heavy atom. The predicted molar refractivity (Wildman–Crippen MR) is 126 cm³/mol. The van der Waals surface area contributed by atoms with Crippen LogP contribution in [0.3, 0.4) is 0 Å². The van der Waals surface area contributed by atoms with Crippen LogP contribution in [-0.2, 0) is 9.53 Å². The van der Waals surface area contributed by atoms with Crippen LogP contribution in [-0.4, -0.2) is 99.7 Å². The van der Waals surface area contributed by atoms with Crippen molar-refractivity contribution in [3.8, 4) is 11.1 Å². The second-order valence-corrected chi connectivity index (χ2v) is 8.71. The van der Waals surface area contributed by atoms with Gasteiger partial charge in [0.15, 0.2) is 0 Å². The van der Waals surface area contributed by atoms with Crippen LogP contribution in [0.5, 0.6) is 0 Å². The Morgan fingerprint density at radius 1 is 0.943 bits per heavy atom. The van der Waals surface area contributed by atoms with E-state index in [-0.39, 0.29) is 19.1 Å². The van der Waals surface area contributed by atoms with Gasteiger partial charge in [-0.25, -0.2) is 4.79 Å². The van der Waals surface area contributed by atoms with E-state index in [1.807, 2.05) is 48.5 Å². The van der Waals surface area contributed by atoms with Crippen molar-refractivity contribution in [2.24, 2.45) is 0 Å². The molecule has 1 aliphatic rings. The van der Waals surface area contributed by atoms with Crippen molar-refractivity contribution < 1.29 is 39.9 Å². The Balaban J connectivity index is 1.53. The van der Waals surface area contributed by atoms with Crippen LogP contribution in [0, 0.1) is 0 Å². The highest BCUT2D eigenvalue weighted by atomic mass is 16.5. The number of hydrogen-bond donors (Lipinski definition) is 6. The number of carbonyl (C=O) groups is 2. The summed E-state index contributed by atoms with van der Waals surface area (Å²) in [7, 11) is 1.35. The van der Waals surface area contributed by atoms with E-state index in [4.69, 9.17) is 9.84 Å². The number of alkyl carbamates (subject to hydrolysis) is 1. The van der Waals surface area contributed by atoms with E-state index in [9.17, 15) is 30.0 Å². The average molecular weight is 489 g/mol. The Labute approximate surface area is 203 Å². The van der Waals surface area contributed by atoms with Gasteiger partial charge in [0.2, 0.25) is 5.91 Å². The molecule has 0 radical (unpaired) electrons. The predicted octanol–water partition coefficient (Wildman–Crippen LogP) is -0.192. The lowest BCUT2D eigenvalue weighted by Crippen LogP contribution is -2.52. The second kappa shape index (κ2) is 11.6. The highest BCUT2D eigenvalue weighted by molar-refractivity contribution is 5.85. The van der Waals surface area contributed by atoms with Crippen molar-refractivity contribution in [1.29, 1.82) is 0 Å². The zero-order chi connectivity index (χ0) is 25.7. The van der Waals surface area contributed by atoms with Gasteiger partial charge in [-0.2, -0.15) is 0 Å². The van der Waals surface area contributed by atoms with Crippen molar-refractivity contribution >= 4 is 12.0 Å². The largest absolute Gasteiger partial charge is 0.449 e. The van der Waals surface area contributed by atoms with E-state index in [2.05, 4.69) is 5.32 Å². The van der Waals surface area contributed by atoms with Crippen molar-refractivity contribution in [3.63, 3.8) is 0 Å². The molecule has 10 heteroatoms. The Hall–Kier alpha value is -3.02. The first-order chi connectivity index (χ1) is 16.6. The fourth-order valence-electron chi connectivity index (χ4n) is 4.25. The van der Waals surface area contributed by atoms with Gasteiger partial charge in [-0.05, 0) is 29.2 Å². The highest BCUT2D eigenvalue weighted by Crippen LogP contribution is 2.44. The monoisotopic (exact) mass is 488 g/mol. The number of nitrogens with one attached hydrogen (secondary N) is 1. The number of hydrogen-bond acceptors (Lipinski definition) is 8. The molecule has 35 heavy (non-hydrogen) atoms. The number of nitrogens with zero attached hydrogens (tertiary/aromatic N) is 1. The first-order valence-corrected chi connectivity index (χ1v) is 11.3. The molecule has 0 spiro atoms. The lowest BCUT2D eigenvalue weighted by atomic mass is 9.98. The maximum absolute atomic E-state index is 12.6. The molecule has 0 unspecified atom stereocenters. The zero-order valence-corrected chi connectivity index (χ0v) is 19.6. The van der Waals surface area contributed by atoms with Crippen LogP contribution in [0.25, 0.3) is 11.1 Å². The van der Waals surface area contributed by atoms with Gasteiger partial charge in [0.25, 0.3) is 0 Å². The third kappa shape index (κ3) is 5.98. The molecule has 3 rings (SSSR count). The summed E-state index contributed by atoms with van der Waals surface area (Å²) in [5.41, 5.74) is 4.32. The normalized spacial score (nSPS) is 16.9. The van der Waals surface area contributed by atoms with Gasteiger partial charge in [-0.1, -0.05) is 48.5 Å². The zero-order valence-electron chi connectivity index (χ0n) is 19.6. The molecule has 0 saturated heterocycles. The molecule has 0 aliphatic heterocycles. The molecule has 5 atom stereocenters. The van der Waals surface area contributed by atoms with E-state index in [0.29, 0.717) is 0 Å². The molecule has 2 aromatic rings. The number of benzene rings is 2. The van der Waals surface area contributed by atoms with E-state index in [1.165, 1.54) is 14.0 Å². The topological polar surface area (TPSA) is 160 Å². The van der Waals surface area contributed by atoms with Crippen molar-refractivity contribution in [2.75, 3.05) is 26.8 Å². The smallest absolute Gasteiger partial charge is 0.407 e. The molecule has 0 fully saturated rings. The fourth-order valence-corrected chi connectivity index (χ4v) is 4.25. The summed E-state index contributed by atoms with van der Waals surface area (Å²) in [6.07, 6.45) is -7.60. The lowest BCUT2D eigenvalue weighted by Gasteiger charge is -2.29. The molecular weight excluding hydrogens is 456 g/mol. The molecule has 0 aromatic heterocycles. The molecule has 10 nitrogen and oxygen atoms in total. The Kier molecular flexibility index (Phi) is 8.82. The van der Waals surface area contributed by atoms with Crippen LogP contribution >= 0.6 is 0 Å². The average Bonchev–Trinajstić information content (AvgIpc) is 3.19. The van der Waals surface area contributed by atoms with Gasteiger partial charge in [-0.3, -0.25) is 4.79 Å². The number of rotatable bonds is 10. The highest BCUT2D eigenvalue weighted by Gasteiger charge is 2.33. The van der Waals surface area contributed by atoms with Crippen LogP contribution in [0.2, 0.25) is 0 Å². The first-order valence-electron chi connectivity index (χ1n) is 11.3. The maximum atomic E-state index is 12.6. The van der Waals surface area contributed by atoms with Gasteiger partial charge >= 0.3 is 6.09 Å². The molecule has 2 aromatic carbocycles. The summed E-state index contributed by atoms with van der Waals surface area (Å²) in [6, 6.07) is 14.8. The van der Waals surface area contributed by atoms with Gasteiger partial charge in [0, 0.05) is 19.5 Å². The summed E-state index contributed by atoms with van der Waals surface area (Å²) in [5, 5.41) is 50.4. The number of aliphatic hydroxyl groups is 5. The van der Waals surface area contributed by atoms with E-state index in [1.54, 1.807) is 0 Å². The number of likely N-dealkylation sites (N-methyl/N-ethyl adjacent to an activating group) is 1. The Morgan fingerprint density at radius 3 is 2.00 bits per heavy atom.